The number of nitrogens with one attached hydrogen (secondary N) is 1. The molecule has 3 nitrogen and oxygen atoms in total. The second-order valence-electron chi connectivity index (χ2n) is 23.1. The zero-order valence-corrected chi connectivity index (χ0v) is 43.4. The van der Waals surface area contributed by atoms with Gasteiger partial charge in [-0.25, -0.2) is 4.79 Å². The van der Waals surface area contributed by atoms with Crippen LogP contribution in [0.1, 0.15) is 320 Å². The molecule has 0 spiro atoms. The van der Waals surface area contributed by atoms with Crippen molar-refractivity contribution < 1.29 is 9.53 Å². The molecule has 59 heavy (non-hydrogen) atoms. The Bertz CT molecular complexity index is 770. The maximum Gasteiger partial charge on any atom is 0.406 e. The Kier molecular flexibility index (Phi) is 41.0. The Hall–Kier alpha value is -0.730. The molecule has 0 aromatic carbocycles. The van der Waals surface area contributed by atoms with Crippen molar-refractivity contribution >= 4 is 6.09 Å². The molecule has 0 atom stereocenters. The third-order valence-corrected chi connectivity index (χ3v) is 12.8. The summed E-state index contributed by atoms with van der Waals surface area (Å²) in [7, 11) is 1.69. The summed E-state index contributed by atoms with van der Waals surface area (Å²) in [4.78, 5) is 12.2. The van der Waals surface area contributed by atoms with Crippen LogP contribution in [0.2, 0.25) is 0 Å². The number of rotatable bonds is 39. The molecule has 0 saturated carbocycles. The van der Waals surface area contributed by atoms with Crippen LogP contribution in [-0.4, -0.2) is 19.7 Å². The van der Waals surface area contributed by atoms with Crippen LogP contribution in [0.15, 0.2) is 0 Å². The molecular formula is C56H115NO2. The van der Waals surface area contributed by atoms with Gasteiger partial charge in [0, 0.05) is 12.5 Å². The topological polar surface area (TPSA) is 38.3 Å². The molecule has 0 fully saturated rings. The number of hydrogen-bond acceptors (Lipinski definition) is 2. The Balaban J connectivity index is 0. The van der Waals surface area contributed by atoms with E-state index in [9.17, 15) is 4.79 Å². The molecule has 0 bridgehead atoms. The first kappa shape index (κ1) is 60.4. The number of carbonyl (C=O) groups is 1. The fourth-order valence-corrected chi connectivity index (χ4v) is 8.74. The van der Waals surface area contributed by atoms with E-state index in [-0.39, 0.29) is 11.5 Å². The van der Waals surface area contributed by atoms with Crippen molar-refractivity contribution in [2.75, 3.05) is 13.7 Å². The molecule has 1 N–H and O–H groups in total. The first-order valence-corrected chi connectivity index (χ1v) is 26.8. The molecule has 0 unspecified atom stereocenters. The lowest BCUT2D eigenvalue weighted by Crippen LogP contribution is -2.31. The van der Waals surface area contributed by atoms with E-state index in [1.54, 1.807) is 7.05 Å². The van der Waals surface area contributed by atoms with Crippen molar-refractivity contribution in [3.05, 3.63) is 0 Å². The number of ether oxygens (including phenoxy) is 1. The molecule has 3 heteroatoms. The highest BCUT2D eigenvalue weighted by atomic mass is 16.5. The van der Waals surface area contributed by atoms with Crippen LogP contribution >= 0.6 is 0 Å². The van der Waals surface area contributed by atoms with E-state index in [1.165, 1.54) is 244 Å². The predicted octanol–water partition coefficient (Wildman–Crippen LogP) is 20.3. The number of alkyl carbamates (subject to hydrolysis) is 1. The largest absolute Gasteiger partial charge is 0.449 e. The minimum atomic E-state index is -0.259. The van der Waals surface area contributed by atoms with Gasteiger partial charge in [-0.05, 0) is 54.8 Å². The van der Waals surface area contributed by atoms with E-state index in [4.69, 9.17) is 4.74 Å². The third-order valence-electron chi connectivity index (χ3n) is 12.8. The molecule has 0 aromatic rings. The maximum atomic E-state index is 12.2. The minimum absolute atomic E-state index is 0.151. The second kappa shape index (κ2) is 40.1. The average Bonchev–Trinajstić information content (AvgIpc) is 3.16. The van der Waals surface area contributed by atoms with Crippen molar-refractivity contribution in [1.82, 2.24) is 5.32 Å². The van der Waals surface area contributed by atoms with Crippen LogP contribution in [-0.2, 0) is 4.74 Å². The molecule has 0 heterocycles. The van der Waals surface area contributed by atoms with Crippen LogP contribution < -0.4 is 5.32 Å². The normalized spacial score (nSPS) is 12.4. The van der Waals surface area contributed by atoms with Crippen LogP contribution in [0.5, 0.6) is 0 Å². The smallest absolute Gasteiger partial charge is 0.406 e. The van der Waals surface area contributed by atoms with Crippen LogP contribution in [0.4, 0.5) is 4.79 Å². The predicted molar refractivity (Wildman–Crippen MR) is 268 cm³/mol. The lowest BCUT2D eigenvalue weighted by Gasteiger charge is -2.34. The number of unbranched alkanes of at least 4 members (excludes halogenated alkanes) is 28. The Labute approximate surface area is 375 Å². The van der Waals surface area contributed by atoms with Gasteiger partial charge in [0.25, 0.3) is 0 Å². The van der Waals surface area contributed by atoms with Gasteiger partial charge in [-0.3, -0.25) is 0 Å². The fraction of sp³-hybridized carbons (Fsp3) is 0.982. The van der Waals surface area contributed by atoms with Crippen LogP contribution in [0.3, 0.4) is 0 Å². The van der Waals surface area contributed by atoms with E-state index in [1.807, 2.05) is 0 Å². The van der Waals surface area contributed by atoms with Crippen molar-refractivity contribution in [3.8, 4) is 0 Å². The average molecular weight is 835 g/mol. The summed E-state index contributed by atoms with van der Waals surface area (Å²) >= 11 is 0. The maximum absolute atomic E-state index is 12.2. The van der Waals surface area contributed by atoms with Crippen LogP contribution in [0.25, 0.3) is 0 Å². The summed E-state index contributed by atoms with van der Waals surface area (Å²) < 4.78 is 5.86. The lowest BCUT2D eigenvalue weighted by molar-refractivity contribution is 0.0586. The zero-order valence-electron chi connectivity index (χ0n) is 43.4. The van der Waals surface area contributed by atoms with Gasteiger partial charge in [0.2, 0.25) is 0 Å². The lowest BCUT2D eigenvalue weighted by atomic mass is 9.74. The quantitative estimate of drug-likeness (QED) is 0.0627. The van der Waals surface area contributed by atoms with E-state index in [0.29, 0.717) is 22.9 Å². The van der Waals surface area contributed by atoms with Gasteiger partial charge in [0.05, 0.1) is 6.61 Å². The number of amides is 1. The van der Waals surface area contributed by atoms with Gasteiger partial charge >= 0.3 is 6.09 Å². The Morgan fingerprint density at radius 2 is 0.542 bits per heavy atom. The number of carbonyl (C=O) groups excluding carboxylic acids is 1. The van der Waals surface area contributed by atoms with Crippen molar-refractivity contribution in [2.24, 2.45) is 21.7 Å². The van der Waals surface area contributed by atoms with E-state index < -0.39 is 0 Å². The highest BCUT2D eigenvalue weighted by molar-refractivity contribution is 5.66. The molecule has 0 rings (SSSR count). The fourth-order valence-electron chi connectivity index (χ4n) is 8.74. The van der Waals surface area contributed by atoms with E-state index in [2.05, 4.69) is 81.5 Å². The highest BCUT2D eigenvalue weighted by Crippen LogP contribution is 2.38. The molecule has 0 aromatic heterocycles. The number of hydrogen-bond donors (Lipinski definition) is 1. The molecule has 0 saturated heterocycles. The summed E-state index contributed by atoms with van der Waals surface area (Å²) in [6.07, 6.45) is 51.7. The molecule has 356 valence electrons. The Morgan fingerprint density at radius 3 is 0.746 bits per heavy atom. The molecular weight excluding hydrogens is 719 g/mol. The zero-order chi connectivity index (χ0) is 44.6. The van der Waals surface area contributed by atoms with Gasteiger partial charge in [-0.1, -0.05) is 282 Å². The highest BCUT2D eigenvalue weighted by Gasteiger charge is 2.30. The van der Waals surface area contributed by atoms with Gasteiger partial charge < -0.3 is 10.1 Å². The second-order valence-corrected chi connectivity index (χ2v) is 23.1. The molecule has 0 radical (unpaired) electrons. The minimum Gasteiger partial charge on any atom is -0.449 e. The summed E-state index contributed by atoms with van der Waals surface area (Å²) in [5.74, 6) is 0. The van der Waals surface area contributed by atoms with Crippen molar-refractivity contribution in [3.63, 3.8) is 0 Å². The summed E-state index contributed by atoms with van der Waals surface area (Å²) in [5.41, 5.74) is 1.56. The van der Waals surface area contributed by atoms with E-state index in [0.717, 1.165) is 0 Å². The summed E-state index contributed by atoms with van der Waals surface area (Å²) in [6, 6.07) is 0. The Morgan fingerprint density at radius 1 is 0.339 bits per heavy atom. The monoisotopic (exact) mass is 834 g/mol. The summed E-state index contributed by atoms with van der Waals surface area (Å²) in [6.45, 7) is 26.4. The van der Waals surface area contributed by atoms with E-state index >= 15 is 0 Å². The van der Waals surface area contributed by atoms with Gasteiger partial charge in [0.15, 0.2) is 0 Å². The third kappa shape index (κ3) is 49.8. The molecule has 1 amide bonds. The standard InChI is InChI=1S/C43H87NO2.C13H28/c1-40(2,3)32-26-20-14-11-17-23-29-35-43(38-46-39(45)44-10,36-30-24-18-12-15-21-27-33-41(4,5)6)37-31-25-19-13-16-22-28-34-42(7,8)9;1-3-5-7-9-11-13-12-10-8-6-4-2/h11-38H2,1-10H3,(H,44,45);3-13H2,1-2H3. The molecule has 0 aliphatic rings. The van der Waals surface area contributed by atoms with Gasteiger partial charge in [-0.2, -0.15) is 0 Å². The summed E-state index contributed by atoms with van der Waals surface area (Å²) in [5, 5.41) is 2.71. The first-order valence-electron chi connectivity index (χ1n) is 26.8. The molecule has 0 aliphatic carbocycles. The van der Waals surface area contributed by atoms with Crippen molar-refractivity contribution in [2.45, 2.75) is 320 Å². The van der Waals surface area contributed by atoms with Crippen molar-refractivity contribution in [1.29, 1.82) is 0 Å². The SMILES string of the molecule is CCCCCCCCCCCCC.CNC(=O)OCC(CCCCCCCCCC(C)(C)C)(CCCCCCCCCC(C)(C)C)CCCCCCCCCC(C)(C)C. The molecule has 0 aliphatic heterocycles. The first-order chi connectivity index (χ1) is 28.0. The van der Waals surface area contributed by atoms with Crippen LogP contribution in [0, 0.1) is 21.7 Å². The van der Waals surface area contributed by atoms with Gasteiger partial charge in [-0.15, -0.1) is 0 Å². The van der Waals surface area contributed by atoms with Gasteiger partial charge in [0.1, 0.15) is 0 Å².